The van der Waals surface area contributed by atoms with E-state index in [0.717, 1.165) is 29.9 Å². The third-order valence-electron chi connectivity index (χ3n) is 6.69. The molecule has 1 unspecified atom stereocenters. The zero-order valence-corrected chi connectivity index (χ0v) is 20.0. The number of pyridine rings is 1. The summed E-state index contributed by atoms with van der Waals surface area (Å²) in [5.74, 6) is 0.492. The van der Waals surface area contributed by atoms with Gasteiger partial charge in [-0.2, -0.15) is 9.61 Å². The molecule has 1 aliphatic rings. The molecule has 182 valence electrons. The van der Waals surface area contributed by atoms with Gasteiger partial charge in [0.05, 0.1) is 11.1 Å². The van der Waals surface area contributed by atoms with E-state index in [2.05, 4.69) is 15.4 Å². The van der Waals surface area contributed by atoms with Gasteiger partial charge in [-0.05, 0) is 42.1 Å². The molecule has 9 nitrogen and oxygen atoms in total. The van der Waals surface area contributed by atoms with Crippen molar-refractivity contribution in [1.29, 1.82) is 0 Å². The van der Waals surface area contributed by atoms with Crippen LogP contribution in [0.5, 0.6) is 0 Å². The first-order chi connectivity index (χ1) is 18.1. The lowest BCUT2D eigenvalue weighted by Crippen LogP contribution is -2.39. The van der Waals surface area contributed by atoms with Gasteiger partial charge in [0.2, 0.25) is 0 Å². The number of benzene rings is 1. The molecule has 1 amide bonds. The number of likely N-dealkylation sites (tertiary alicyclic amines) is 1. The van der Waals surface area contributed by atoms with E-state index in [4.69, 9.17) is 17.2 Å². The number of rotatable bonds is 5. The molecular weight excluding hydrogens is 467 g/mol. The highest BCUT2D eigenvalue weighted by Gasteiger charge is 2.29. The summed E-state index contributed by atoms with van der Waals surface area (Å²) in [6, 6.07) is 14.1. The third kappa shape index (κ3) is 4.46. The lowest BCUT2D eigenvalue weighted by atomic mass is 9.93. The van der Waals surface area contributed by atoms with E-state index in [1.807, 2.05) is 18.2 Å². The lowest BCUT2D eigenvalue weighted by molar-refractivity contribution is 0.0674. The van der Waals surface area contributed by atoms with E-state index in [1.54, 1.807) is 52.3 Å². The standard InChI is InChI=1S/C27H23BN6O3/c28-20-15-31-34-25(30-14-17-5-3-9-29-13-17)11-21(32-26(20)34)18-6-4-10-33(16-18)27(36)24-12-22(35)19-7-1-2-8-23(19)37-24/h1-3,5,7-9,11-13,15,18,30H,4,6,10,14,16H2. The number of carbonyl (C=O) groups is 1. The first-order valence-corrected chi connectivity index (χ1v) is 12.2. The molecule has 1 aromatic carbocycles. The number of amides is 1. The second-order valence-corrected chi connectivity index (χ2v) is 9.18. The summed E-state index contributed by atoms with van der Waals surface area (Å²) in [5, 5.41) is 8.25. The number of anilines is 1. The SMILES string of the molecule is [B]c1cnn2c(NCc3cccnc3)cc(C3CCCN(C(=O)c4cc(=O)c5ccccc5o4)C3)nc12. The first kappa shape index (κ1) is 23.0. The van der Waals surface area contributed by atoms with Crippen LogP contribution in [0.3, 0.4) is 0 Å². The molecule has 10 heteroatoms. The van der Waals surface area contributed by atoms with Gasteiger partial charge in [0.25, 0.3) is 5.91 Å². The fourth-order valence-electron chi connectivity index (χ4n) is 4.80. The number of aromatic nitrogens is 4. The quantitative estimate of drug-likeness (QED) is 0.378. The van der Waals surface area contributed by atoms with Gasteiger partial charge in [0.1, 0.15) is 19.2 Å². The zero-order valence-electron chi connectivity index (χ0n) is 20.0. The van der Waals surface area contributed by atoms with Gasteiger partial charge in [-0.15, -0.1) is 0 Å². The molecule has 1 N–H and O–H groups in total. The number of hydrogen-bond donors (Lipinski definition) is 1. The molecule has 4 aromatic heterocycles. The fraction of sp³-hybridized carbons (Fsp3) is 0.222. The van der Waals surface area contributed by atoms with Crippen molar-refractivity contribution in [3.63, 3.8) is 0 Å². The van der Waals surface area contributed by atoms with Crippen LogP contribution < -0.4 is 16.2 Å². The van der Waals surface area contributed by atoms with Crippen LogP contribution in [0.25, 0.3) is 16.6 Å². The maximum atomic E-state index is 13.3. The van der Waals surface area contributed by atoms with E-state index in [9.17, 15) is 9.59 Å². The van der Waals surface area contributed by atoms with E-state index in [-0.39, 0.29) is 23.0 Å². The number of carbonyl (C=O) groups excluding carboxylic acids is 1. The Morgan fingerprint density at radius 3 is 2.92 bits per heavy atom. The highest BCUT2D eigenvalue weighted by atomic mass is 16.3. The van der Waals surface area contributed by atoms with Gasteiger partial charge in [0, 0.05) is 56.3 Å². The number of para-hydroxylation sites is 1. The van der Waals surface area contributed by atoms with E-state index in [0.29, 0.717) is 41.7 Å². The lowest BCUT2D eigenvalue weighted by Gasteiger charge is -2.32. The summed E-state index contributed by atoms with van der Waals surface area (Å²) in [5.41, 5.74) is 3.07. The highest BCUT2D eigenvalue weighted by Crippen LogP contribution is 2.29. The van der Waals surface area contributed by atoms with Gasteiger partial charge >= 0.3 is 0 Å². The largest absolute Gasteiger partial charge is 0.451 e. The Bertz CT molecular complexity index is 1670. The van der Waals surface area contributed by atoms with E-state index in [1.165, 1.54) is 6.07 Å². The van der Waals surface area contributed by atoms with Crippen LogP contribution >= 0.6 is 0 Å². The number of fused-ring (bicyclic) bond motifs is 2. The summed E-state index contributed by atoms with van der Waals surface area (Å²) in [6.07, 6.45) is 6.79. The molecule has 0 bridgehead atoms. The van der Waals surface area contributed by atoms with Crippen molar-refractivity contribution in [1.82, 2.24) is 24.5 Å². The van der Waals surface area contributed by atoms with Crippen molar-refractivity contribution >= 4 is 41.7 Å². The Labute approximate surface area is 213 Å². The van der Waals surface area contributed by atoms with Crippen LogP contribution in [0, 0.1) is 0 Å². The van der Waals surface area contributed by atoms with E-state index >= 15 is 0 Å². The minimum Gasteiger partial charge on any atom is -0.451 e. The topological polar surface area (TPSA) is 106 Å². The van der Waals surface area contributed by atoms with Crippen molar-refractivity contribution < 1.29 is 9.21 Å². The van der Waals surface area contributed by atoms with Crippen LogP contribution in [-0.2, 0) is 6.54 Å². The van der Waals surface area contributed by atoms with Crippen LogP contribution in [0.4, 0.5) is 5.82 Å². The van der Waals surface area contributed by atoms with Gasteiger partial charge in [-0.25, -0.2) is 4.98 Å². The Hall–Kier alpha value is -4.47. The predicted molar refractivity (Wildman–Crippen MR) is 140 cm³/mol. The second kappa shape index (κ2) is 9.53. The predicted octanol–water partition coefficient (Wildman–Crippen LogP) is 2.66. The Morgan fingerprint density at radius 2 is 2.05 bits per heavy atom. The van der Waals surface area contributed by atoms with Crippen molar-refractivity contribution in [2.45, 2.75) is 25.3 Å². The Balaban J connectivity index is 1.28. The smallest absolute Gasteiger partial charge is 0.289 e. The average molecular weight is 490 g/mol. The van der Waals surface area contributed by atoms with Crippen LogP contribution in [0.15, 0.2) is 76.3 Å². The number of hydrogen-bond acceptors (Lipinski definition) is 7. The minimum atomic E-state index is -0.299. The van der Waals surface area contributed by atoms with Crippen molar-refractivity contribution in [3.8, 4) is 0 Å². The molecule has 0 aliphatic carbocycles. The molecule has 5 heterocycles. The molecule has 5 aromatic rings. The Kier molecular flexibility index (Phi) is 5.92. The first-order valence-electron chi connectivity index (χ1n) is 12.2. The fourth-order valence-corrected chi connectivity index (χ4v) is 4.80. The van der Waals surface area contributed by atoms with Crippen LogP contribution in [0.1, 0.15) is 40.6 Å². The molecule has 1 aliphatic heterocycles. The summed E-state index contributed by atoms with van der Waals surface area (Å²) in [4.78, 5) is 36.6. The molecule has 1 fully saturated rings. The molecule has 1 atom stereocenters. The van der Waals surface area contributed by atoms with Gasteiger partial charge < -0.3 is 14.6 Å². The molecule has 2 radical (unpaired) electrons. The van der Waals surface area contributed by atoms with Crippen LogP contribution in [0.2, 0.25) is 0 Å². The van der Waals surface area contributed by atoms with E-state index < -0.39 is 0 Å². The second-order valence-electron chi connectivity index (χ2n) is 9.18. The Morgan fingerprint density at radius 1 is 1.16 bits per heavy atom. The summed E-state index contributed by atoms with van der Waals surface area (Å²) in [7, 11) is 6.17. The monoisotopic (exact) mass is 490 g/mol. The molecule has 1 saturated heterocycles. The molecule has 37 heavy (non-hydrogen) atoms. The number of nitrogens with zero attached hydrogens (tertiary/aromatic N) is 5. The summed E-state index contributed by atoms with van der Waals surface area (Å²) in [6.45, 7) is 1.59. The minimum absolute atomic E-state index is 0.0110. The maximum Gasteiger partial charge on any atom is 0.289 e. The van der Waals surface area contributed by atoms with Gasteiger partial charge in [-0.1, -0.05) is 18.2 Å². The number of nitrogens with one attached hydrogen (secondary N) is 1. The zero-order chi connectivity index (χ0) is 25.4. The molecule has 0 spiro atoms. The number of piperidine rings is 1. The highest BCUT2D eigenvalue weighted by molar-refractivity contribution is 6.36. The maximum absolute atomic E-state index is 13.3. The molecular formula is C27H23BN6O3. The summed E-state index contributed by atoms with van der Waals surface area (Å²) < 4.78 is 7.49. The van der Waals surface area contributed by atoms with Crippen molar-refractivity contribution in [3.05, 3.63) is 94.4 Å². The van der Waals surface area contributed by atoms with Gasteiger partial charge in [-0.3, -0.25) is 14.6 Å². The third-order valence-corrected chi connectivity index (χ3v) is 6.69. The van der Waals surface area contributed by atoms with Gasteiger partial charge in [0.15, 0.2) is 16.8 Å². The average Bonchev–Trinajstić information content (AvgIpc) is 3.32. The van der Waals surface area contributed by atoms with Crippen molar-refractivity contribution in [2.24, 2.45) is 0 Å². The molecule has 6 rings (SSSR count). The molecule has 0 saturated carbocycles. The summed E-state index contributed by atoms with van der Waals surface area (Å²) >= 11 is 0. The van der Waals surface area contributed by atoms with Crippen molar-refractivity contribution in [2.75, 3.05) is 18.4 Å². The normalized spacial score (nSPS) is 15.8. The van der Waals surface area contributed by atoms with Crippen LogP contribution in [-0.4, -0.2) is 51.3 Å².